The first-order valence-electron chi connectivity index (χ1n) is 6.01. The minimum Gasteiger partial charge on any atom is -0.216 e. The molecule has 0 saturated carbocycles. The van der Waals surface area contributed by atoms with Crippen molar-refractivity contribution < 1.29 is 12.8 Å². The van der Waals surface area contributed by atoms with Crippen molar-refractivity contribution in [1.82, 2.24) is 4.72 Å². The molecule has 0 fully saturated rings. The van der Waals surface area contributed by atoms with Crippen LogP contribution in [0.4, 0.5) is 4.39 Å². The normalized spacial score (nSPS) is 13.2. The first kappa shape index (κ1) is 14.6. The van der Waals surface area contributed by atoms with Crippen LogP contribution in [0, 0.1) is 5.82 Å². The van der Waals surface area contributed by atoms with Crippen LogP contribution in [-0.4, -0.2) is 8.42 Å². The predicted octanol–water partition coefficient (Wildman–Crippen LogP) is 2.35. The summed E-state index contributed by atoms with van der Waals surface area (Å²) in [5, 5.41) is 4.93. The van der Waals surface area contributed by atoms with Gasteiger partial charge < -0.3 is 0 Å². The number of nitrogens with one attached hydrogen (secondary N) is 1. The summed E-state index contributed by atoms with van der Waals surface area (Å²) < 4.78 is 37.1. The van der Waals surface area contributed by atoms with Crippen LogP contribution in [0.3, 0.4) is 0 Å². The SMILES string of the molecule is C[C@H](NS(N)(=O)=O)c1ccc(-c2ccc(F)cc2)cc1. The van der Waals surface area contributed by atoms with E-state index in [1.807, 2.05) is 24.3 Å². The van der Waals surface area contributed by atoms with E-state index in [1.165, 1.54) is 12.1 Å². The highest BCUT2D eigenvalue weighted by Crippen LogP contribution is 2.22. The zero-order chi connectivity index (χ0) is 14.8. The van der Waals surface area contributed by atoms with Crippen molar-refractivity contribution in [2.45, 2.75) is 13.0 Å². The zero-order valence-corrected chi connectivity index (χ0v) is 11.7. The van der Waals surface area contributed by atoms with Gasteiger partial charge in [0.1, 0.15) is 5.82 Å². The molecule has 3 N–H and O–H groups in total. The largest absolute Gasteiger partial charge is 0.274 e. The van der Waals surface area contributed by atoms with Gasteiger partial charge in [0.2, 0.25) is 0 Å². The van der Waals surface area contributed by atoms with E-state index in [4.69, 9.17) is 5.14 Å². The fourth-order valence-electron chi connectivity index (χ4n) is 1.92. The van der Waals surface area contributed by atoms with Crippen molar-refractivity contribution in [2.24, 2.45) is 5.14 Å². The Morgan fingerprint density at radius 3 is 1.90 bits per heavy atom. The van der Waals surface area contributed by atoms with Crippen LogP contribution in [0.2, 0.25) is 0 Å². The molecule has 0 amide bonds. The lowest BCUT2D eigenvalue weighted by Crippen LogP contribution is -2.32. The highest BCUT2D eigenvalue weighted by Gasteiger charge is 2.11. The van der Waals surface area contributed by atoms with E-state index in [0.29, 0.717) is 0 Å². The summed E-state index contributed by atoms with van der Waals surface area (Å²) in [7, 11) is -3.73. The van der Waals surface area contributed by atoms with E-state index in [0.717, 1.165) is 16.7 Å². The molecule has 0 radical (unpaired) electrons. The molecule has 0 spiro atoms. The van der Waals surface area contributed by atoms with Gasteiger partial charge in [-0.15, -0.1) is 0 Å². The summed E-state index contributed by atoms with van der Waals surface area (Å²) in [4.78, 5) is 0. The molecule has 0 unspecified atom stereocenters. The van der Waals surface area contributed by atoms with Crippen LogP contribution in [0.15, 0.2) is 48.5 Å². The Hall–Kier alpha value is -1.76. The molecule has 2 aromatic rings. The standard InChI is InChI=1S/C14H15FN2O2S/c1-10(17-20(16,18)19)11-2-4-12(5-3-11)13-6-8-14(15)9-7-13/h2-10,17H,1H3,(H2,16,18,19)/t10-/m0/s1. The van der Waals surface area contributed by atoms with E-state index in [1.54, 1.807) is 19.1 Å². The van der Waals surface area contributed by atoms with Gasteiger partial charge in [-0.3, -0.25) is 0 Å². The van der Waals surface area contributed by atoms with Gasteiger partial charge in [-0.05, 0) is 35.7 Å². The number of halogens is 1. The molecular weight excluding hydrogens is 279 g/mol. The minimum atomic E-state index is -3.73. The second-order valence-corrected chi connectivity index (χ2v) is 5.84. The number of nitrogens with two attached hydrogens (primary N) is 1. The van der Waals surface area contributed by atoms with Crippen LogP contribution >= 0.6 is 0 Å². The summed E-state index contributed by atoms with van der Waals surface area (Å²) in [6, 6.07) is 13.1. The van der Waals surface area contributed by atoms with Crippen LogP contribution in [0.25, 0.3) is 11.1 Å². The summed E-state index contributed by atoms with van der Waals surface area (Å²) in [6.07, 6.45) is 0. The molecule has 0 aromatic heterocycles. The fraction of sp³-hybridized carbons (Fsp3) is 0.143. The maximum absolute atomic E-state index is 12.9. The molecule has 0 aliphatic rings. The van der Waals surface area contributed by atoms with Crippen LogP contribution < -0.4 is 9.86 Å². The number of benzene rings is 2. The van der Waals surface area contributed by atoms with Crippen molar-refractivity contribution >= 4 is 10.2 Å². The molecular formula is C14H15FN2O2S. The van der Waals surface area contributed by atoms with Crippen LogP contribution in [-0.2, 0) is 10.2 Å². The third-order valence-corrected chi connectivity index (χ3v) is 3.61. The Kier molecular flexibility index (Phi) is 4.17. The van der Waals surface area contributed by atoms with Crippen molar-refractivity contribution in [3.8, 4) is 11.1 Å². The van der Waals surface area contributed by atoms with E-state index < -0.39 is 16.3 Å². The average Bonchev–Trinajstić information content (AvgIpc) is 2.38. The number of hydrogen-bond donors (Lipinski definition) is 2. The zero-order valence-electron chi connectivity index (χ0n) is 10.9. The quantitative estimate of drug-likeness (QED) is 0.908. The molecule has 0 aliphatic heterocycles. The average molecular weight is 294 g/mol. The van der Waals surface area contributed by atoms with E-state index in [9.17, 15) is 12.8 Å². The smallest absolute Gasteiger partial charge is 0.216 e. The second-order valence-electron chi connectivity index (χ2n) is 4.51. The highest BCUT2D eigenvalue weighted by atomic mass is 32.2. The lowest BCUT2D eigenvalue weighted by Gasteiger charge is -2.12. The third kappa shape index (κ3) is 3.86. The van der Waals surface area contributed by atoms with Gasteiger partial charge in [-0.2, -0.15) is 13.1 Å². The molecule has 6 heteroatoms. The first-order valence-corrected chi connectivity index (χ1v) is 7.56. The Morgan fingerprint density at radius 2 is 1.45 bits per heavy atom. The van der Waals surface area contributed by atoms with E-state index >= 15 is 0 Å². The summed E-state index contributed by atoms with van der Waals surface area (Å²) >= 11 is 0. The van der Waals surface area contributed by atoms with Gasteiger partial charge in [-0.1, -0.05) is 36.4 Å². The Bertz CT molecular complexity index is 682. The molecule has 0 aliphatic carbocycles. The molecule has 2 aromatic carbocycles. The Labute approximate surface area is 117 Å². The monoisotopic (exact) mass is 294 g/mol. The predicted molar refractivity (Wildman–Crippen MR) is 76.5 cm³/mol. The maximum atomic E-state index is 12.9. The highest BCUT2D eigenvalue weighted by molar-refractivity contribution is 7.87. The third-order valence-electron chi connectivity index (χ3n) is 2.93. The van der Waals surface area contributed by atoms with Gasteiger partial charge in [-0.25, -0.2) is 9.53 Å². The fourth-order valence-corrected chi connectivity index (χ4v) is 2.55. The van der Waals surface area contributed by atoms with Gasteiger partial charge in [0.05, 0.1) is 0 Å². The van der Waals surface area contributed by atoms with Crippen molar-refractivity contribution in [1.29, 1.82) is 0 Å². The lowest BCUT2D eigenvalue weighted by molar-refractivity contribution is 0.568. The number of rotatable bonds is 4. The lowest BCUT2D eigenvalue weighted by atomic mass is 10.0. The molecule has 106 valence electrons. The first-order chi connectivity index (χ1) is 9.35. The van der Waals surface area contributed by atoms with E-state index in [2.05, 4.69) is 4.72 Å². The molecule has 4 nitrogen and oxygen atoms in total. The number of hydrogen-bond acceptors (Lipinski definition) is 2. The summed E-state index contributed by atoms with van der Waals surface area (Å²) in [5.74, 6) is -0.281. The molecule has 0 saturated heterocycles. The molecule has 20 heavy (non-hydrogen) atoms. The van der Waals surface area contributed by atoms with Crippen molar-refractivity contribution in [2.75, 3.05) is 0 Å². The Balaban J connectivity index is 2.20. The maximum Gasteiger partial charge on any atom is 0.274 e. The van der Waals surface area contributed by atoms with Gasteiger partial charge >= 0.3 is 0 Å². The van der Waals surface area contributed by atoms with Gasteiger partial charge in [0.25, 0.3) is 10.2 Å². The van der Waals surface area contributed by atoms with Crippen molar-refractivity contribution in [3.63, 3.8) is 0 Å². The Morgan fingerprint density at radius 1 is 1.00 bits per heavy atom. The molecule has 0 bridgehead atoms. The summed E-state index contributed by atoms with van der Waals surface area (Å²) in [5.41, 5.74) is 2.62. The van der Waals surface area contributed by atoms with Gasteiger partial charge in [0.15, 0.2) is 0 Å². The molecule has 0 heterocycles. The van der Waals surface area contributed by atoms with Crippen LogP contribution in [0.1, 0.15) is 18.5 Å². The minimum absolute atomic E-state index is 0.281. The molecule has 2 rings (SSSR count). The topological polar surface area (TPSA) is 72.2 Å². The van der Waals surface area contributed by atoms with Crippen LogP contribution in [0.5, 0.6) is 0 Å². The summed E-state index contributed by atoms with van der Waals surface area (Å²) in [6.45, 7) is 1.71. The van der Waals surface area contributed by atoms with Gasteiger partial charge in [0, 0.05) is 6.04 Å². The molecule has 1 atom stereocenters. The second kappa shape index (κ2) is 5.70. The van der Waals surface area contributed by atoms with E-state index in [-0.39, 0.29) is 5.82 Å². The van der Waals surface area contributed by atoms with Crippen molar-refractivity contribution in [3.05, 3.63) is 59.9 Å².